The monoisotopic (exact) mass is 269 g/mol. The number of hydrogen-bond acceptors (Lipinski definition) is 4. The van der Waals surface area contributed by atoms with Gasteiger partial charge in [-0.25, -0.2) is 9.97 Å². The second-order valence-electron chi connectivity index (χ2n) is 5.27. The van der Waals surface area contributed by atoms with Gasteiger partial charge in [0.25, 0.3) is 0 Å². The second kappa shape index (κ2) is 5.74. The molecule has 0 aliphatic heterocycles. The summed E-state index contributed by atoms with van der Waals surface area (Å²) < 4.78 is 5.23. The zero-order chi connectivity index (χ0) is 13.0. The molecule has 1 fully saturated rings. The Hall–Kier alpha value is -1.03. The first-order valence-corrected chi connectivity index (χ1v) is 6.81. The van der Waals surface area contributed by atoms with Gasteiger partial charge in [-0.15, -0.1) is 0 Å². The van der Waals surface area contributed by atoms with Crippen molar-refractivity contribution in [3.05, 3.63) is 11.5 Å². The lowest BCUT2D eigenvalue weighted by atomic mass is 9.76. The molecule has 1 heterocycles. The number of rotatable bonds is 4. The van der Waals surface area contributed by atoms with Crippen LogP contribution < -0.4 is 10.1 Å². The highest BCUT2D eigenvalue weighted by molar-refractivity contribution is 6.31. The Kier molecular flexibility index (Phi) is 4.27. The van der Waals surface area contributed by atoms with Crippen molar-refractivity contribution in [2.45, 2.75) is 39.0 Å². The van der Waals surface area contributed by atoms with Gasteiger partial charge in [0.15, 0.2) is 16.7 Å². The summed E-state index contributed by atoms with van der Waals surface area (Å²) in [6.45, 7) is 3.23. The number of hydrogen-bond donors (Lipinski definition) is 1. The van der Waals surface area contributed by atoms with Crippen molar-refractivity contribution in [3.63, 3.8) is 0 Å². The molecule has 1 aromatic heterocycles. The van der Waals surface area contributed by atoms with Gasteiger partial charge in [-0.05, 0) is 18.3 Å². The maximum absolute atomic E-state index is 5.97. The van der Waals surface area contributed by atoms with Gasteiger partial charge >= 0.3 is 0 Å². The third kappa shape index (κ3) is 3.05. The van der Waals surface area contributed by atoms with Crippen LogP contribution in [-0.4, -0.2) is 23.6 Å². The van der Waals surface area contributed by atoms with Crippen molar-refractivity contribution in [1.82, 2.24) is 9.97 Å². The highest BCUT2D eigenvalue weighted by Crippen LogP contribution is 2.37. The Morgan fingerprint density at radius 1 is 1.33 bits per heavy atom. The van der Waals surface area contributed by atoms with Crippen LogP contribution in [0.15, 0.2) is 6.33 Å². The maximum Gasteiger partial charge on any atom is 0.198 e. The van der Waals surface area contributed by atoms with E-state index >= 15 is 0 Å². The van der Waals surface area contributed by atoms with E-state index in [2.05, 4.69) is 22.2 Å². The van der Waals surface area contributed by atoms with Crippen molar-refractivity contribution < 1.29 is 4.74 Å². The van der Waals surface area contributed by atoms with Gasteiger partial charge in [0.2, 0.25) is 0 Å². The van der Waals surface area contributed by atoms with Gasteiger partial charge in [0.05, 0.1) is 7.11 Å². The molecule has 0 bridgehead atoms. The van der Waals surface area contributed by atoms with Gasteiger partial charge in [-0.3, -0.25) is 0 Å². The average molecular weight is 270 g/mol. The van der Waals surface area contributed by atoms with Crippen molar-refractivity contribution in [3.8, 4) is 5.75 Å². The Balaban J connectivity index is 2.03. The van der Waals surface area contributed by atoms with E-state index in [4.69, 9.17) is 16.3 Å². The van der Waals surface area contributed by atoms with Gasteiger partial charge in [0.1, 0.15) is 6.33 Å². The van der Waals surface area contributed by atoms with E-state index in [9.17, 15) is 0 Å². The van der Waals surface area contributed by atoms with Crippen LogP contribution in [0.3, 0.4) is 0 Å². The number of nitrogens with one attached hydrogen (secondary N) is 1. The van der Waals surface area contributed by atoms with Crippen LogP contribution in [0.4, 0.5) is 5.82 Å². The second-order valence-corrected chi connectivity index (χ2v) is 5.63. The summed E-state index contributed by atoms with van der Waals surface area (Å²) in [5.74, 6) is 1.21. The summed E-state index contributed by atoms with van der Waals surface area (Å²) in [7, 11) is 1.58. The number of halogens is 1. The third-order valence-corrected chi connectivity index (χ3v) is 3.98. The van der Waals surface area contributed by atoms with Crippen LogP contribution in [0.1, 0.15) is 39.0 Å². The molecule has 5 heteroatoms. The van der Waals surface area contributed by atoms with E-state index in [0.717, 1.165) is 6.54 Å². The lowest BCUT2D eigenvalue weighted by molar-refractivity contribution is 0.233. The SMILES string of the molecule is COc1c(Cl)ncnc1NCC1(C)CCCCC1. The molecule has 0 aromatic carbocycles. The lowest BCUT2D eigenvalue weighted by Crippen LogP contribution is -2.29. The molecule has 0 saturated heterocycles. The molecule has 0 atom stereocenters. The van der Waals surface area contributed by atoms with Crippen molar-refractivity contribution in [2.75, 3.05) is 19.0 Å². The molecule has 18 heavy (non-hydrogen) atoms. The van der Waals surface area contributed by atoms with Crippen LogP contribution >= 0.6 is 11.6 Å². The number of nitrogens with zero attached hydrogens (tertiary/aromatic N) is 2. The first-order chi connectivity index (χ1) is 8.64. The van der Waals surface area contributed by atoms with Gasteiger partial charge in [-0.2, -0.15) is 0 Å². The molecule has 0 spiro atoms. The molecular formula is C13H20ClN3O. The topological polar surface area (TPSA) is 47.0 Å². The Morgan fingerprint density at radius 2 is 2.06 bits per heavy atom. The van der Waals surface area contributed by atoms with E-state index in [1.54, 1.807) is 7.11 Å². The van der Waals surface area contributed by atoms with Crippen LogP contribution in [0.5, 0.6) is 5.75 Å². The van der Waals surface area contributed by atoms with E-state index in [1.165, 1.54) is 38.4 Å². The van der Waals surface area contributed by atoms with Crippen molar-refractivity contribution >= 4 is 17.4 Å². The molecule has 1 aliphatic carbocycles. The molecule has 1 aromatic rings. The number of ether oxygens (including phenoxy) is 1. The fraction of sp³-hybridized carbons (Fsp3) is 0.692. The summed E-state index contributed by atoms with van der Waals surface area (Å²) in [5.41, 5.74) is 0.348. The Morgan fingerprint density at radius 3 is 2.72 bits per heavy atom. The number of aromatic nitrogens is 2. The van der Waals surface area contributed by atoms with Crippen molar-refractivity contribution in [2.24, 2.45) is 5.41 Å². The summed E-state index contributed by atoms with van der Waals surface area (Å²) in [6, 6.07) is 0. The summed E-state index contributed by atoms with van der Waals surface area (Å²) >= 11 is 5.97. The molecule has 1 aliphatic rings. The number of methoxy groups -OCH3 is 1. The Labute approximate surface area is 113 Å². The Bertz CT molecular complexity index is 405. The molecule has 0 amide bonds. The van der Waals surface area contributed by atoms with E-state index in [-0.39, 0.29) is 0 Å². The van der Waals surface area contributed by atoms with Crippen molar-refractivity contribution in [1.29, 1.82) is 0 Å². The molecule has 1 saturated carbocycles. The minimum Gasteiger partial charge on any atom is -0.490 e. The largest absolute Gasteiger partial charge is 0.490 e. The van der Waals surface area contributed by atoms with E-state index in [1.807, 2.05) is 0 Å². The lowest BCUT2D eigenvalue weighted by Gasteiger charge is -2.33. The predicted octanol–water partition coefficient (Wildman–Crippen LogP) is 3.52. The van der Waals surface area contributed by atoms with Gasteiger partial charge < -0.3 is 10.1 Å². The first kappa shape index (κ1) is 13.4. The standard InChI is InChI=1S/C13H20ClN3O/c1-13(6-4-3-5-7-13)8-15-12-10(18-2)11(14)16-9-17-12/h9H,3-8H2,1-2H3,(H,15,16,17). The van der Waals surface area contributed by atoms with E-state index in [0.29, 0.717) is 22.1 Å². The molecule has 100 valence electrons. The fourth-order valence-electron chi connectivity index (χ4n) is 2.54. The zero-order valence-electron chi connectivity index (χ0n) is 11.0. The predicted molar refractivity (Wildman–Crippen MR) is 73.3 cm³/mol. The first-order valence-electron chi connectivity index (χ1n) is 6.43. The number of anilines is 1. The third-order valence-electron chi connectivity index (χ3n) is 3.71. The molecule has 0 radical (unpaired) electrons. The summed E-state index contributed by atoms with van der Waals surface area (Å²) in [5, 5.41) is 3.71. The van der Waals surface area contributed by atoms with Gasteiger partial charge in [-0.1, -0.05) is 37.8 Å². The smallest absolute Gasteiger partial charge is 0.198 e. The minimum atomic E-state index is 0.348. The molecule has 1 N–H and O–H groups in total. The molecular weight excluding hydrogens is 250 g/mol. The average Bonchev–Trinajstić information content (AvgIpc) is 2.37. The van der Waals surface area contributed by atoms with E-state index < -0.39 is 0 Å². The molecule has 4 nitrogen and oxygen atoms in total. The van der Waals surface area contributed by atoms with Crippen LogP contribution in [0.25, 0.3) is 0 Å². The summed E-state index contributed by atoms with van der Waals surface area (Å²) in [4.78, 5) is 8.11. The quantitative estimate of drug-likeness (QED) is 0.850. The normalized spacial score (nSPS) is 18.4. The highest BCUT2D eigenvalue weighted by Gasteiger charge is 2.27. The fourth-order valence-corrected chi connectivity index (χ4v) is 2.75. The van der Waals surface area contributed by atoms with Crippen LogP contribution in [0.2, 0.25) is 5.15 Å². The maximum atomic E-state index is 5.97. The highest BCUT2D eigenvalue weighted by atomic mass is 35.5. The van der Waals surface area contributed by atoms with Crippen LogP contribution in [-0.2, 0) is 0 Å². The van der Waals surface area contributed by atoms with Crippen LogP contribution in [0, 0.1) is 5.41 Å². The van der Waals surface area contributed by atoms with Gasteiger partial charge in [0, 0.05) is 6.54 Å². The molecule has 2 rings (SSSR count). The molecule has 0 unspecified atom stereocenters. The minimum absolute atomic E-state index is 0.348. The summed E-state index contributed by atoms with van der Waals surface area (Å²) in [6.07, 6.45) is 7.98. The zero-order valence-corrected chi connectivity index (χ0v) is 11.8.